The van der Waals surface area contributed by atoms with Gasteiger partial charge in [0.05, 0.1) is 0 Å². The van der Waals surface area contributed by atoms with Gasteiger partial charge in [-0.25, -0.2) is 9.18 Å². The molecule has 2 heterocycles. The van der Waals surface area contributed by atoms with E-state index in [0.29, 0.717) is 24.5 Å². The van der Waals surface area contributed by atoms with Gasteiger partial charge in [-0.3, -0.25) is 4.79 Å². The van der Waals surface area contributed by atoms with Gasteiger partial charge in [0.2, 0.25) is 0 Å². The third kappa shape index (κ3) is 5.16. The Kier molecular flexibility index (Phi) is 5.96. The lowest BCUT2D eigenvalue weighted by molar-refractivity contribution is 0.0187. The van der Waals surface area contributed by atoms with E-state index < -0.39 is 11.4 Å². The Labute approximate surface area is 170 Å². The van der Waals surface area contributed by atoms with Gasteiger partial charge in [-0.2, -0.15) is 0 Å². The van der Waals surface area contributed by atoms with Gasteiger partial charge in [0.25, 0.3) is 5.91 Å². The van der Waals surface area contributed by atoms with Crippen molar-refractivity contribution in [2.75, 3.05) is 18.4 Å². The first-order valence-electron chi connectivity index (χ1n) is 9.86. The molecule has 2 amide bonds. The van der Waals surface area contributed by atoms with Gasteiger partial charge in [0.15, 0.2) is 0 Å². The summed E-state index contributed by atoms with van der Waals surface area (Å²) in [5.74, 6) is -0.672. The van der Waals surface area contributed by atoms with Gasteiger partial charge in [-0.15, -0.1) is 0 Å². The fourth-order valence-corrected chi connectivity index (χ4v) is 3.47. The van der Waals surface area contributed by atoms with Crippen molar-refractivity contribution < 1.29 is 18.7 Å². The van der Waals surface area contributed by atoms with Crippen molar-refractivity contribution in [3.63, 3.8) is 0 Å². The zero-order chi connectivity index (χ0) is 21.2. The average Bonchev–Trinajstić information content (AvgIpc) is 3.13. The fourth-order valence-electron chi connectivity index (χ4n) is 3.47. The lowest BCUT2D eigenvalue weighted by Crippen LogP contribution is -2.42. The molecule has 1 saturated heterocycles. The van der Waals surface area contributed by atoms with E-state index in [0.717, 1.165) is 18.4 Å². The van der Waals surface area contributed by atoms with E-state index in [1.807, 2.05) is 44.5 Å². The number of aromatic nitrogens is 1. The maximum absolute atomic E-state index is 13.5. The number of carbonyl (C=O) groups is 2. The van der Waals surface area contributed by atoms with Crippen LogP contribution in [0.1, 0.15) is 55.7 Å². The standard InChI is InChI=1S/C22H28FN3O3/c1-15-7-8-16(23)14-18(15)24-20(27)19-6-5-11-26(19)17-9-12-25(13-10-17)21(28)29-22(2,3)4/h5-8,11,14,17H,9-10,12-13H2,1-4H3,(H,24,27). The monoisotopic (exact) mass is 401 g/mol. The molecular weight excluding hydrogens is 373 g/mol. The zero-order valence-electron chi connectivity index (χ0n) is 17.4. The van der Waals surface area contributed by atoms with Crippen LogP contribution in [0.2, 0.25) is 0 Å². The van der Waals surface area contributed by atoms with Gasteiger partial charge in [0, 0.05) is 31.0 Å². The maximum Gasteiger partial charge on any atom is 0.410 e. The Morgan fingerprint density at radius 2 is 1.86 bits per heavy atom. The van der Waals surface area contributed by atoms with Crippen LogP contribution in [0.4, 0.5) is 14.9 Å². The van der Waals surface area contributed by atoms with Crippen LogP contribution in [0.15, 0.2) is 36.5 Å². The summed E-state index contributed by atoms with van der Waals surface area (Å²) >= 11 is 0. The molecule has 6 nitrogen and oxygen atoms in total. The predicted octanol–water partition coefficient (Wildman–Crippen LogP) is 4.76. The Morgan fingerprint density at radius 3 is 2.52 bits per heavy atom. The molecule has 0 saturated carbocycles. The molecule has 0 bridgehead atoms. The predicted molar refractivity (Wildman–Crippen MR) is 110 cm³/mol. The number of hydrogen-bond donors (Lipinski definition) is 1. The number of halogens is 1. The topological polar surface area (TPSA) is 63.6 Å². The van der Waals surface area contributed by atoms with Crippen molar-refractivity contribution in [2.45, 2.75) is 52.2 Å². The smallest absolute Gasteiger partial charge is 0.410 e. The number of anilines is 1. The van der Waals surface area contributed by atoms with Crippen LogP contribution in [0, 0.1) is 12.7 Å². The number of hydrogen-bond acceptors (Lipinski definition) is 3. The number of piperidine rings is 1. The van der Waals surface area contributed by atoms with Crippen LogP contribution in [0.3, 0.4) is 0 Å². The van der Waals surface area contributed by atoms with Crippen molar-refractivity contribution in [1.82, 2.24) is 9.47 Å². The molecule has 156 valence electrons. The van der Waals surface area contributed by atoms with Crippen LogP contribution in [-0.4, -0.2) is 40.2 Å². The summed E-state index contributed by atoms with van der Waals surface area (Å²) in [7, 11) is 0. The molecule has 0 aliphatic carbocycles. The lowest BCUT2D eigenvalue weighted by atomic mass is 10.0. The van der Waals surface area contributed by atoms with E-state index in [9.17, 15) is 14.0 Å². The minimum Gasteiger partial charge on any atom is -0.444 e. The summed E-state index contributed by atoms with van der Waals surface area (Å²) in [5.41, 5.74) is 1.25. The third-order valence-corrected chi connectivity index (χ3v) is 4.97. The average molecular weight is 401 g/mol. The number of amides is 2. The first-order valence-corrected chi connectivity index (χ1v) is 9.86. The molecule has 1 N–H and O–H groups in total. The second-order valence-corrected chi connectivity index (χ2v) is 8.41. The van der Waals surface area contributed by atoms with E-state index in [-0.39, 0.29) is 18.0 Å². The van der Waals surface area contributed by atoms with Crippen LogP contribution < -0.4 is 5.32 Å². The number of nitrogens with zero attached hydrogens (tertiary/aromatic N) is 2. The molecule has 1 aromatic heterocycles. The zero-order valence-corrected chi connectivity index (χ0v) is 17.4. The van der Waals surface area contributed by atoms with E-state index in [2.05, 4.69) is 5.32 Å². The summed E-state index contributed by atoms with van der Waals surface area (Å²) < 4.78 is 20.9. The Bertz CT molecular complexity index is 893. The fraction of sp³-hybridized carbons (Fsp3) is 0.455. The lowest BCUT2D eigenvalue weighted by Gasteiger charge is -2.34. The van der Waals surface area contributed by atoms with E-state index in [4.69, 9.17) is 4.74 Å². The molecule has 0 unspecified atom stereocenters. The molecule has 3 rings (SSSR count). The van der Waals surface area contributed by atoms with Crippen LogP contribution in [0.25, 0.3) is 0 Å². The highest BCUT2D eigenvalue weighted by molar-refractivity contribution is 6.03. The largest absolute Gasteiger partial charge is 0.444 e. The summed E-state index contributed by atoms with van der Waals surface area (Å²) in [6.45, 7) is 8.51. The quantitative estimate of drug-likeness (QED) is 0.807. The Hall–Kier alpha value is -2.83. The Balaban J connectivity index is 1.66. The second-order valence-electron chi connectivity index (χ2n) is 8.41. The van der Waals surface area contributed by atoms with Gasteiger partial charge >= 0.3 is 6.09 Å². The van der Waals surface area contributed by atoms with Gasteiger partial charge in [0.1, 0.15) is 17.1 Å². The maximum atomic E-state index is 13.5. The molecule has 7 heteroatoms. The summed E-state index contributed by atoms with van der Waals surface area (Å²) in [4.78, 5) is 26.7. The first-order chi connectivity index (χ1) is 13.6. The number of nitrogens with one attached hydrogen (secondary N) is 1. The molecule has 1 aliphatic heterocycles. The number of rotatable bonds is 3. The van der Waals surface area contributed by atoms with Crippen molar-refractivity contribution in [3.8, 4) is 0 Å². The van der Waals surface area contributed by atoms with Gasteiger partial charge < -0.3 is 19.5 Å². The van der Waals surface area contributed by atoms with E-state index >= 15 is 0 Å². The number of ether oxygens (including phenoxy) is 1. The molecule has 0 atom stereocenters. The van der Waals surface area contributed by atoms with Crippen LogP contribution >= 0.6 is 0 Å². The number of aryl methyl sites for hydroxylation is 1. The SMILES string of the molecule is Cc1ccc(F)cc1NC(=O)c1cccn1C1CCN(C(=O)OC(C)(C)C)CC1. The van der Waals surface area contributed by atoms with Crippen molar-refractivity contribution in [3.05, 3.63) is 53.6 Å². The number of benzene rings is 1. The number of carbonyl (C=O) groups excluding carboxylic acids is 2. The highest BCUT2D eigenvalue weighted by atomic mass is 19.1. The molecule has 1 aliphatic rings. The molecule has 0 spiro atoms. The molecule has 0 radical (unpaired) electrons. The first kappa shape index (κ1) is 20.9. The molecule has 1 aromatic carbocycles. The summed E-state index contributed by atoms with van der Waals surface area (Å²) in [5, 5.41) is 2.80. The highest BCUT2D eigenvalue weighted by Gasteiger charge is 2.28. The normalized spacial score (nSPS) is 15.3. The molecule has 1 fully saturated rings. The minimum absolute atomic E-state index is 0.109. The highest BCUT2D eigenvalue weighted by Crippen LogP contribution is 2.26. The van der Waals surface area contributed by atoms with E-state index in [1.165, 1.54) is 12.1 Å². The van der Waals surface area contributed by atoms with Crippen molar-refractivity contribution >= 4 is 17.7 Å². The second kappa shape index (κ2) is 8.27. The third-order valence-electron chi connectivity index (χ3n) is 4.97. The Morgan fingerprint density at radius 1 is 1.17 bits per heavy atom. The van der Waals surface area contributed by atoms with Crippen LogP contribution in [-0.2, 0) is 4.74 Å². The number of likely N-dealkylation sites (tertiary alicyclic amines) is 1. The van der Waals surface area contributed by atoms with E-state index in [1.54, 1.807) is 17.0 Å². The van der Waals surface area contributed by atoms with Crippen LogP contribution in [0.5, 0.6) is 0 Å². The summed E-state index contributed by atoms with van der Waals surface area (Å²) in [6.07, 6.45) is 3.03. The van der Waals surface area contributed by atoms with Gasteiger partial charge in [-0.05, 0) is 70.4 Å². The minimum atomic E-state index is -0.519. The van der Waals surface area contributed by atoms with Crippen molar-refractivity contribution in [1.29, 1.82) is 0 Å². The molecular formula is C22H28FN3O3. The molecule has 2 aromatic rings. The van der Waals surface area contributed by atoms with Gasteiger partial charge in [-0.1, -0.05) is 6.07 Å². The van der Waals surface area contributed by atoms with Crippen molar-refractivity contribution in [2.24, 2.45) is 0 Å². The summed E-state index contributed by atoms with van der Waals surface area (Å²) in [6, 6.07) is 8.01. The molecule has 29 heavy (non-hydrogen) atoms.